The number of likely N-dealkylation sites (tertiary alicyclic amines) is 1. The molecule has 36 heavy (non-hydrogen) atoms. The average Bonchev–Trinajstić information content (AvgIpc) is 3.34. The van der Waals surface area contributed by atoms with Crippen LogP contribution in [0.25, 0.3) is 0 Å². The molecule has 8 nitrogen and oxygen atoms in total. The molecule has 8 heteroatoms. The minimum absolute atomic E-state index is 0.00477. The van der Waals surface area contributed by atoms with Crippen molar-refractivity contribution in [2.45, 2.75) is 45.4 Å². The molecule has 1 amide bonds. The Bertz CT molecular complexity index is 1190. The standard InChI is InChI=1S/C28H31N5O3/c1-4-35-25-10-6-20(7-11-25)27(21-8-12-26(31-16-21)36-19(2)3)33-14-13-24(18-33)32-28(34)22-5-9-23(15-29)30-17-22/h5-12,16-17,19,24,27H,4,13-14,18H2,1-3H3,(H,32,34)/t24-,27?/m1/s1. The van der Waals surface area contributed by atoms with Gasteiger partial charge in [-0.1, -0.05) is 18.2 Å². The Hall–Kier alpha value is -3.96. The zero-order chi connectivity index (χ0) is 25.5. The highest BCUT2D eigenvalue weighted by molar-refractivity contribution is 5.94. The van der Waals surface area contributed by atoms with Crippen LogP contribution < -0.4 is 14.8 Å². The number of rotatable bonds is 9. The minimum atomic E-state index is -0.187. The summed E-state index contributed by atoms with van der Waals surface area (Å²) < 4.78 is 11.4. The van der Waals surface area contributed by atoms with Crippen molar-refractivity contribution >= 4 is 5.91 Å². The number of nitriles is 1. The molecule has 1 unspecified atom stereocenters. The van der Waals surface area contributed by atoms with Gasteiger partial charge in [-0.3, -0.25) is 9.69 Å². The second-order valence-corrected chi connectivity index (χ2v) is 9.00. The van der Waals surface area contributed by atoms with Crippen LogP contribution in [0.5, 0.6) is 11.6 Å². The summed E-state index contributed by atoms with van der Waals surface area (Å²) in [5.41, 5.74) is 2.91. The summed E-state index contributed by atoms with van der Waals surface area (Å²) in [5.74, 6) is 1.25. The molecule has 3 heterocycles. The van der Waals surface area contributed by atoms with Gasteiger partial charge in [-0.2, -0.15) is 5.26 Å². The lowest BCUT2D eigenvalue weighted by atomic mass is 9.98. The lowest BCUT2D eigenvalue weighted by Crippen LogP contribution is -2.38. The molecule has 1 aromatic carbocycles. The number of hydrogen-bond donors (Lipinski definition) is 1. The van der Waals surface area contributed by atoms with Crippen molar-refractivity contribution in [3.8, 4) is 17.7 Å². The molecule has 0 saturated carbocycles. The number of ether oxygens (including phenoxy) is 2. The van der Waals surface area contributed by atoms with E-state index in [0.29, 0.717) is 24.6 Å². The highest BCUT2D eigenvalue weighted by Gasteiger charge is 2.31. The third-order valence-corrected chi connectivity index (χ3v) is 6.00. The molecule has 1 aliphatic heterocycles. The maximum atomic E-state index is 12.8. The van der Waals surface area contributed by atoms with E-state index in [9.17, 15) is 4.79 Å². The number of aromatic nitrogens is 2. The summed E-state index contributed by atoms with van der Waals surface area (Å²) in [4.78, 5) is 23.6. The fraction of sp³-hybridized carbons (Fsp3) is 0.357. The molecule has 1 N–H and O–H groups in total. The summed E-state index contributed by atoms with van der Waals surface area (Å²) in [5, 5.41) is 12.0. The first-order valence-electron chi connectivity index (χ1n) is 12.2. The predicted molar refractivity (Wildman–Crippen MR) is 136 cm³/mol. The van der Waals surface area contributed by atoms with Gasteiger partial charge in [0.25, 0.3) is 5.91 Å². The quantitative estimate of drug-likeness (QED) is 0.486. The van der Waals surface area contributed by atoms with E-state index in [1.54, 1.807) is 12.1 Å². The van der Waals surface area contributed by atoms with Crippen LogP contribution in [0, 0.1) is 11.3 Å². The van der Waals surface area contributed by atoms with E-state index < -0.39 is 0 Å². The monoisotopic (exact) mass is 485 g/mol. The van der Waals surface area contributed by atoms with Gasteiger partial charge in [0.2, 0.25) is 5.88 Å². The summed E-state index contributed by atoms with van der Waals surface area (Å²) in [6.07, 6.45) is 4.19. The van der Waals surface area contributed by atoms with Crippen LogP contribution in [0.3, 0.4) is 0 Å². The molecule has 0 radical (unpaired) electrons. The highest BCUT2D eigenvalue weighted by Crippen LogP contribution is 2.33. The second-order valence-electron chi connectivity index (χ2n) is 9.00. The van der Waals surface area contributed by atoms with Crippen LogP contribution in [0.2, 0.25) is 0 Å². The number of pyridine rings is 2. The maximum absolute atomic E-state index is 12.8. The second kappa shape index (κ2) is 11.6. The molecule has 2 atom stereocenters. The Labute approximate surface area is 211 Å². The number of benzene rings is 1. The fourth-order valence-electron chi connectivity index (χ4n) is 4.39. The van der Waals surface area contributed by atoms with E-state index in [1.807, 2.05) is 51.2 Å². The molecule has 4 rings (SSSR count). The first-order chi connectivity index (χ1) is 17.5. The van der Waals surface area contributed by atoms with E-state index in [2.05, 4.69) is 38.4 Å². The van der Waals surface area contributed by atoms with Gasteiger partial charge in [0.05, 0.1) is 24.3 Å². The molecule has 0 spiro atoms. The van der Waals surface area contributed by atoms with E-state index in [4.69, 9.17) is 14.7 Å². The van der Waals surface area contributed by atoms with Crippen molar-refractivity contribution in [1.29, 1.82) is 5.26 Å². The molecule has 186 valence electrons. The van der Waals surface area contributed by atoms with Crippen LogP contribution in [0.15, 0.2) is 60.9 Å². The summed E-state index contributed by atoms with van der Waals surface area (Å²) in [7, 11) is 0. The van der Waals surface area contributed by atoms with Gasteiger partial charge < -0.3 is 14.8 Å². The summed E-state index contributed by atoms with van der Waals surface area (Å²) in [6, 6.07) is 17.2. The summed E-state index contributed by atoms with van der Waals surface area (Å²) >= 11 is 0. The molecule has 1 saturated heterocycles. The smallest absolute Gasteiger partial charge is 0.253 e. The maximum Gasteiger partial charge on any atom is 0.253 e. The van der Waals surface area contributed by atoms with E-state index in [1.165, 1.54) is 6.20 Å². The van der Waals surface area contributed by atoms with Gasteiger partial charge in [-0.25, -0.2) is 9.97 Å². The van der Waals surface area contributed by atoms with Crippen LogP contribution >= 0.6 is 0 Å². The van der Waals surface area contributed by atoms with Crippen molar-refractivity contribution in [2.75, 3.05) is 19.7 Å². The van der Waals surface area contributed by atoms with Crippen molar-refractivity contribution in [2.24, 2.45) is 0 Å². The lowest BCUT2D eigenvalue weighted by molar-refractivity contribution is 0.0936. The van der Waals surface area contributed by atoms with Crippen LogP contribution in [-0.2, 0) is 0 Å². The van der Waals surface area contributed by atoms with Crippen molar-refractivity contribution in [3.05, 3.63) is 83.3 Å². The zero-order valence-electron chi connectivity index (χ0n) is 20.8. The van der Waals surface area contributed by atoms with Crippen LogP contribution in [0.4, 0.5) is 0 Å². The molecule has 1 aliphatic rings. The van der Waals surface area contributed by atoms with E-state index in [0.717, 1.165) is 29.8 Å². The lowest BCUT2D eigenvalue weighted by Gasteiger charge is -2.29. The topological polar surface area (TPSA) is 100 Å². The van der Waals surface area contributed by atoms with Crippen LogP contribution in [0.1, 0.15) is 60.4 Å². The van der Waals surface area contributed by atoms with Crippen molar-refractivity contribution < 1.29 is 14.3 Å². The molecule has 3 aromatic rings. The molecule has 0 bridgehead atoms. The molecular weight excluding hydrogens is 454 g/mol. The Morgan fingerprint density at radius 3 is 2.50 bits per heavy atom. The van der Waals surface area contributed by atoms with Crippen molar-refractivity contribution in [1.82, 2.24) is 20.2 Å². The number of nitrogens with zero attached hydrogens (tertiary/aromatic N) is 4. The molecule has 1 fully saturated rings. The summed E-state index contributed by atoms with van der Waals surface area (Å²) in [6.45, 7) is 8.05. The first kappa shape index (κ1) is 25.1. The third-order valence-electron chi connectivity index (χ3n) is 6.00. The first-order valence-corrected chi connectivity index (χ1v) is 12.2. The Morgan fingerprint density at radius 2 is 1.89 bits per heavy atom. The van der Waals surface area contributed by atoms with Gasteiger partial charge in [0.1, 0.15) is 17.5 Å². The Kier molecular flexibility index (Phi) is 8.13. The van der Waals surface area contributed by atoms with E-state index in [-0.39, 0.29) is 29.8 Å². The number of nitrogens with one attached hydrogen (secondary N) is 1. The predicted octanol–water partition coefficient (Wildman–Crippen LogP) is 4.13. The third kappa shape index (κ3) is 6.18. The Morgan fingerprint density at radius 1 is 1.11 bits per heavy atom. The van der Waals surface area contributed by atoms with Gasteiger partial charge in [-0.05, 0) is 62.6 Å². The average molecular weight is 486 g/mol. The fourth-order valence-corrected chi connectivity index (χ4v) is 4.39. The zero-order valence-corrected chi connectivity index (χ0v) is 20.8. The SMILES string of the molecule is CCOc1ccc(C(c2ccc(OC(C)C)nc2)N2CC[C@@H](NC(=O)c3ccc(C#N)nc3)C2)cc1. The molecule has 2 aromatic heterocycles. The minimum Gasteiger partial charge on any atom is -0.494 e. The Balaban J connectivity index is 1.52. The van der Waals surface area contributed by atoms with Gasteiger partial charge in [0.15, 0.2) is 0 Å². The molecular formula is C28H31N5O3. The van der Waals surface area contributed by atoms with Gasteiger partial charge in [-0.15, -0.1) is 0 Å². The van der Waals surface area contributed by atoms with Crippen molar-refractivity contribution in [3.63, 3.8) is 0 Å². The molecule has 0 aliphatic carbocycles. The number of hydrogen-bond acceptors (Lipinski definition) is 7. The van der Waals surface area contributed by atoms with Gasteiger partial charge in [0, 0.05) is 37.6 Å². The van der Waals surface area contributed by atoms with Gasteiger partial charge >= 0.3 is 0 Å². The van der Waals surface area contributed by atoms with E-state index >= 15 is 0 Å². The highest BCUT2D eigenvalue weighted by atomic mass is 16.5. The number of carbonyl (C=O) groups excluding carboxylic acids is 1. The largest absolute Gasteiger partial charge is 0.494 e. The van der Waals surface area contributed by atoms with Crippen LogP contribution in [-0.4, -0.2) is 52.6 Å². The number of amides is 1. The normalized spacial score (nSPS) is 16.4. The number of carbonyl (C=O) groups is 1.